The maximum absolute atomic E-state index is 10.2. The molecule has 0 N–H and O–H groups in total. The lowest BCUT2D eigenvalue weighted by Crippen LogP contribution is -2.18. The molecule has 0 amide bonds. The molecule has 1 aromatic heterocycles. The number of aromatic nitrogens is 1. The Balaban J connectivity index is 1.81. The number of fused-ring (bicyclic) bond motifs is 3. The van der Waals surface area contributed by atoms with E-state index < -0.39 is 0 Å². The summed E-state index contributed by atoms with van der Waals surface area (Å²) in [4.78, 5) is 0. The van der Waals surface area contributed by atoms with Gasteiger partial charge in [-0.1, -0.05) is 42.5 Å². The third-order valence-corrected chi connectivity index (χ3v) is 5.64. The summed E-state index contributed by atoms with van der Waals surface area (Å²) in [5, 5.41) is 12.3. The summed E-state index contributed by atoms with van der Waals surface area (Å²) in [5.74, 6) is 2.23. The Morgan fingerprint density at radius 2 is 1.68 bits per heavy atom. The highest BCUT2D eigenvalue weighted by Gasteiger charge is 2.33. The number of hydrogen-bond acceptors (Lipinski definition) is 4. The van der Waals surface area contributed by atoms with E-state index in [0.29, 0.717) is 23.0 Å². The standard InChI is InChI=1S/C26H20N2O3/c1-29-22-12-10-18(15-23(22)30-2)24-20-11-9-17-7-3-4-8-19(17)25(20)31-26(21(24)16-27)28-13-5-6-14-28/h3-15,24H,1-2H3. The van der Waals surface area contributed by atoms with Crippen LogP contribution in [0.25, 0.3) is 16.7 Å². The van der Waals surface area contributed by atoms with Crippen molar-refractivity contribution in [1.82, 2.24) is 4.57 Å². The van der Waals surface area contributed by atoms with E-state index in [4.69, 9.17) is 14.2 Å². The SMILES string of the molecule is COc1ccc(C2C(C#N)=C(n3cccc3)Oc3c2ccc2ccccc32)cc1OC. The third-order valence-electron chi connectivity index (χ3n) is 5.64. The van der Waals surface area contributed by atoms with E-state index in [1.54, 1.807) is 14.2 Å². The van der Waals surface area contributed by atoms with E-state index in [1.807, 2.05) is 71.6 Å². The number of methoxy groups -OCH3 is 2. The van der Waals surface area contributed by atoms with Crippen molar-refractivity contribution >= 4 is 16.7 Å². The molecule has 31 heavy (non-hydrogen) atoms. The average molecular weight is 408 g/mol. The molecule has 5 rings (SSSR count). The molecule has 5 heteroatoms. The number of nitrogens with zero attached hydrogens (tertiary/aromatic N) is 2. The normalized spacial score (nSPS) is 15.2. The first kappa shape index (κ1) is 18.8. The zero-order chi connectivity index (χ0) is 21.4. The Bertz CT molecular complexity index is 1350. The lowest BCUT2D eigenvalue weighted by atomic mass is 9.82. The van der Waals surface area contributed by atoms with Crippen LogP contribution in [0.2, 0.25) is 0 Å². The summed E-state index contributed by atoms with van der Waals surface area (Å²) < 4.78 is 19.2. The van der Waals surface area contributed by atoms with Crippen LogP contribution in [0.15, 0.2) is 84.7 Å². The van der Waals surface area contributed by atoms with Gasteiger partial charge >= 0.3 is 0 Å². The van der Waals surface area contributed by atoms with Crippen molar-refractivity contribution in [2.45, 2.75) is 5.92 Å². The topological polar surface area (TPSA) is 56.4 Å². The zero-order valence-electron chi connectivity index (χ0n) is 17.2. The quantitative estimate of drug-likeness (QED) is 0.443. The van der Waals surface area contributed by atoms with Crippen LogP contribution in [-0.2, 0) is 0 Å². The number of ether oxygens (including phenoxy) is 3. The average Bonchev–Trinajstić information content (AvgIpc) is 3.37. The van der Waals surface area contributed by atoms with Gasteiger partial charge in [-0.15, -0.1) is 0 Å². The van der Waals surface area contributed by atoms with Gasteiger partial charge in [-0.3, -0.25) is 4.57 Å². The number of nitriles is 1. The molecule has 1 atom stereocenters. The summed E-state index contributed by atoms with van der Waals surface area (Å²) in [6, 6.07) is 24.2. The van der Waals surface area contributed by atoms with Gasteiger partial charge in [0, 0.05) is 23.3 Å². The van der Waals surface area contributed by atoms with E-state index in [0.717, 1.165) is 27.6 Å². The molecule has 1 aliphatic heterocycles. The van der Waals surface area contributed by atoms with Gasteiger partial charge < -0.3 is 14.2 Å². The molecular formula is C26H20N2O3. The fourth-order valence-electron chi connectivity index (χ4n) is 4.18. The van der Waals surface area contributed by atoms with Crippen LogP contribution in [0.4, 0.5) is 0 Å². The molecule has 0 radical (unpaired) electrons. The molecule has 5 nitrogen and oxygen atoms in total. The first-order valence-corrected chi connectivity index (χ1v) is 9.94. The molecule has 2 heterocycles. The summed E-state index contributed by atoms with van der Waals surface area (Å²) in [5.41, 5.74) is 2.41. The third kappa shape index (κ3) is 3.01. The maximum atomic E-state index is 10.2. The molecule has 3 aromatic carbocycles. The van der Waals surface area contributed by atoms with Gasteiger partial charge in [0.2, 0.25) is 5.88 Å². The molecule has 1 aliphatic rings. The van der Waals surface area contributed by atoms with Crippen LogP contribution in [0.5, 0.6) is 17.2 Å². The van der Waals surface area contributed by atoms with Crippen molar-refractivity contribution in [3.05, 3.63) is 95.8 Å². The number of allylic oxidation sites excluding steroid dienone is 1. The van der Waals surface area contributed by atoms with Crippen LogP contribution in [0.1, 0.15) is 17.0 Å². The fourth-order valence-corrected chi connectivity index (χ4v) is 4.18. The molecule has 152 valence electrons. The Morgan fingerprint density at radius 3 is 2.42 bits per heavy atom. The highest BCUT2D eigenvalue weighted by Crippen LogP contribution is 2.48. The predicted molar refractivity (Wildman–Crippen MR) is 119 cm³/mol. The van der Waals surface area contributed by atoms with Crippen LogP contribution >= 0.6 is 0 Å². The van der Waals surface area contributed by atoms with Gasteiger partial charge in [-0.05, 0) is 35.2 Å². The van der Waals surface area contributed by atoms with E-state index in [1.165, 1.54) is 0 Å². The van der Waals surface area contributed by atoms with Crippen molar-refractivity contribution in [3.8, 4) is 23.3 Å². The molecule has 1 unspecified atom stereocenters. The summed E-state index contributed by atoms with van der Waals surface area (Å²) >= 11 is 0. The van der Waals surface area contributed by atoms with Crippen LogP contribution < -0.4 is 14.2 Å². The minimum atomic E-state index is -0.310. The molecule has 0 spiro atoms. The van der Waals surface area contributed by atoms with Gasteiger partial charge in [-0.2, -0.15) is 5.26 Å². The lowest BCUT2D eigenvalue weighted by Gasteiger charge is -2.29. The van der Waals surface area contributed by atoms with Crippen molar-refractivity contribution in [2.24, 2.45) is 0 Å². The van der Waals surface area contributed by atoms with Crippen LogP contribution in [0, 0.1) is 11.3 Å². The van der Waals surface area contributed by atoms with E-state index in [-0.39, 0.29) is 5.92 Å². The molecule has 0 aliphatic carbocycles. The maximum Gasteiger partial charge on any atom is 0.218 e. The minimum Gasteiger partial charge on any atom is -0.493 e. The Morgan fingerprint density at radius 1 is 0.903 bits per heavy atom. The van der Waals surface area contributed by atoms with Crippen LogP contribution in [0.3, 0.4) is 0 Å². The van der Waals surface area contributed by atoms with Crippen molar-refractivity contribution in [2.75, 3.05) is 14.2 Å². The number of hydrogen-bond donors (Lipinski definition) is 0. The van der Waals surface area contributed by atoms with Gasteiger partial charge in [0.05, 0.1) is 20.1 Å². The summed E-state index contributed by atoms with van der Waals surface area (Å²) in [6.45, 7) is 0. The lowest BCUT2D eigenvalue weighted by molar-refractivity contribution is 0.354. The molecular weight excluding hydrogens is 388 g/mol. The Kier molecular flexibility index (Phi) is 4.61. The van der Waals surface area contributed by atoms with Gasteiger partial charge in [0.15, 0.2) is 11.5 Å². The molecule has 4 aromatic rings. The van der Waals surface area contributed by atoms with E-state index in [9.17, 15) is 5.26 Å². The first-order chi connectivity index (χ1) is 15.2. The fraction of sp³-hybridized carbons (Fsp3) is 0.115. The molecule has 0 bridgehead atoms. The second-order valence-corrected chi connectivity index (χ2v) is 7.28. The predicted octanol–water partition coefficient (Wildman–Crippen LogP) is 5.58. The highest BCUT2D eigenvalue weighted by molar-refractivity contribution is 5.92. The van der Waals surface area contributed by atoms with Gasteiger partial charge in [0.1, 0.15) is 17.4 Å². The van der Waals surface area contributed by atoms with Crippen LogP contribution in [-0.4, -0.2) is 18.8 Å². The van der Waals surface area contributed by atoms with E-state index in [2.05, 4.69) is 18.2 Å². The smallest absolute Gasteiger partial charge is 0.218 e. The molecule has 0 saturated carbocycles. The zero-order valence-corrected chi connectivity index (χ0v) is 17.2. The number of benzene rings is 3. The second-order valence-electron chi connectivity index (χ2n) is 7.28. The number of rotatable bonds is 4. The van der Waals surface area contributed by atoms with Crippen molar-refractivity contribution in [1.29, 1.82) is 5.26 Å². The minimum absolute atomic E-state index is 0.310. The largest absolute Gasteiger partial charge is 0.493 e. The monoisotopic (exact) mass is 408 g/mol. The van der Waals surface area contributed by atoms with Crippen molar-refractivity contribution < 1.29 is 14.2 Å². The van der Waals surface area contributed by atoms with Crippen molar-refractivity contribution in [3.63, 3.8) is 0 Å². The Labute approximate surface area is 180 Å². The molecule has 0 fully saturated rings. The highest BCUT2D eigenvalue weighted by atomic mass is 16.5. The first-order valence-electron chi connectivity index (χ1n) is 9.94. The van der Waals surface area contributed by atoms with E-state index >= 15 is 0 Å². The molecule has 0 saturated heterocycles. The Hall–Kier alpha value is -4.17. The summed E-state index contributed by atoms with van der Waals surface area (Å²) in [7, 11) is 3.22. The summed E-state index contributed by atoms with van der Waals surface area (Å²) in [6.07, 6.45) is 3.77. The second kappa shape index (κ2) is 7.58. The van der Waals surface area contributed by atoms with Gasteiger partial charge in [-0.25, -0.2) is 0 Å². The van der Waals surface area contributed by atoms with Gasteiger partial charge in [0.25, 0.3) is 0 Å².